The van der Waals surface area contributed by atoms with Gasteiger partial charge in [0, 0.05) is 13.0 Å². The van der Waals surface area contributed by atoms with E-state index < -0.39 is 0 Å². The van der Waals surface area contributed by atoms with Crippen LogP contribution in [0.25, 0.3) is 0 Å². The zero-order valence-corrected chi connectivity index (χ0v) is 14.1. The summed E-state index contributed by atoms with van der Waals surface area (Å²) in [4.78, 5) is 14.4. The van der Waals surface area contributed by atoms with Crippen LogP contribution in [0.4, 0.5) is 0 Å². The highest BCUT2D eigenvalue weighted by molar-refractivity contribution is 5.76. The zero-order chi connectivity index (χ0) is 15.8. The minimum absolute atomic E-state index is 0.174. The van der Waals surface area contributed by atoms with Gasteiger partial charge in [-0.3, -0.25) is 4.79 Å². The fraction of sp³-hybridized carbons (Fsp3) is 0.632. The fourth-order valence-electron chi connectivity index (χ4n) is 2.92. The van der Waals surface area contributed by atoms with Gasteiger partial charge in [0.05, 0.1) is 0 Å². The Hall–Kier alpha value is -1.35. The van der Waals surface area contributed by atoms with Crippen molar-refractivity contribution in [3.05, 3.63) is 35.4 Å². The van der Waals surface area contributed by atoms with Crippen molar-refractivity contribution in [3.8, 4) is 0 Å². The van der Waals surface area contributed by atoms with E-state index in [1.54, 1.807) is 0 Å². The molecule has 3 nitrogen and oxygen atoms in total. The lowest BCUT2D eigenvalue weighted by Crippen LogP contribution is -2.35. The van der Waals surface area contributed by atoms with Crippen molar-refractivity contribution >= 4 is 5.91 Å². The Morgan fingerprint density at radius 2 is 1.91 bits per heavy atom. The first-order valence-electron chi connectivity index (χ1n) is 8.68. The molecule has 1 aliphatic rings. The van der Waals surface area contributed by atoms with E-state index in [1.807, 2.05) is 0 Å². The number of likely N-dealkylation sites (tertiary alicyclic amines) is 1. The highest BCUT2D eigenvalue weighted by Crippen LogP contribution is 2.15. The third kappa shape index (κ3) is 6.18. The van der Waals surface area contributed by atoms with Crippen molar-refractivity contribution in [2.75, 3.05) is 26.2 Å². The van der Waals surface area contributed by atoms with Crippen LogP contribution in [0.3, 0.4) is 0 Å². The largest absolute Gasteiger partial charge is 0.356 e. The molecule has 1 N–H and O–H groups in total. The molecule has 1 aliphatic heterocycles. The smallest absolute Gasteiger partial charge is 0.220 e. The van der Waals surface area contributed by atoms with E-state index in [4.69, 9.17) is 0 Å². The Bertz CT molecular complexity index is 447. The van der Waals surface area contributed by atoms with Crippen LogP contribution in [-0.4, -0.2) is 37.0 Å². The number of aryl methyl sites for hydroxylation is 2. The maximum Gasteiger partial charge on any atom is 0.220 e. The molecule has 0 spiro atoms. The first kappa shape index (κ1) is 17.0. The summed E-state index contributed by atoms with van der Waals surface area (Å²) >= 11 is 0. The zero-order valence-electron chi connectivity index (χ0n) is 14.1. The highest BCUT2D eigenvalue weighted by Gasteiger charge is 2.14. The molecule has 1 aromatic carbocycles. The quantitative estimate of drug-likeness (QED) is 0.785. The van der Waals surface area contributed by atoms with Crippen molar-refractivity contribution in [1.82, 2.24) is 10.2 Å². The van der Waals surface area contributed by atoms with Crippen molar-refractivity contribution in [1.29, 1.82) is 0 Å². The lowest BCUT2D eigenvalue weighted by Gasteiger charge is -2.30. The summed E-state index contributed by atoms with van der Waals surface area (Å²) in [6.45, 7) is 8.79. The van der Waals surface area contributed by atoms with Gasteiger partial charge in [0.1, 0.15) is 0 Å². The Kier molecular flexibility index (Phi) is 6.91. The number of carbonyl (C=O) groups is 1. The molecule has 1 heterocycles. The molecule has 2 rings (SSSR count). The maximum absolute atomic E-state index is 11.9. The van der Waals surface area contributed by atoms with Crippen molar-refractivity contribution in [3.63, 3.8) is 0 Å². The van der Waals surface area contributed by atoms with Crippen LogP contribution in [0.5, 0.6) is 0 Å². The summed E-state index contributed by atoms with van der Waals surface area (Å²) in [6, 6.07) is 8.43. The monoisotopic (exact) mass is 302 g/mol. The standard InChI is InChI=1S/C19H30N2O/c1-16-4-6-18(7-5-16)8-9-19(22)20-12-3-13-21-14-10-17(2)11-15-21/h4-7,17H,3,8-15H2,1-2H3,(H,20,22). The Labute approximate surface area is 135 Å². The van der Waals surface area contributed by atoms with Crippen LogP contribution in [-0.2, 0) is 11.2 Å². The topological polar surface area (TPSA) is 32.3 Å². The van der Waals surface area contributed by atoms with Gasteiger partial charge in [-0.15, -0.1) is 0 Å². The average molecular weight is 302 g/mol. The van der Waals surface area contributed by atoms with E-state index in [1.165, 1.54) is 37.1 Å². The summed E-state index contributed by atoms with van der Waals surface area (Å²) in [7, 11) is 0. The minimum atomic E-state index is 0.174. The minimum Gasteiger partial charge on any atom is -0.356 e. The van der Waals surface area contributed by atoms with Crippen molar-refractivity contribution in [2.45, 2.75) is 46.0 Å². The van der Waals surface area contributed by atoms with Gasteiger partial charge in [0.2, 0.25) is 5.91 Å². The van der Waals surface area contributed by atoms with Gasteiger partial charge < -0.3 is 10.2 Å². The molecule has 1 amide bonds. The number of nitrogens with one attached hydrogen (secondary N) is 1. The van der Waals surface area contributed by atoms with Crippen LogP contribution in [0.2, 0.25) is 0 Å². The van der Waals surface area contributed by atoms with Gasteiger partial charge in [0.25, 0.3) is 0 Å². The summed E-state index contributed by atoms with van der Waals surface area (Å²) < 4.78 is 0. The van der Waals surface area contributed by atoms with Gasteiger partial charge >= 0.3 is 0 Å². The third-order valence-electron chi connectivity index (χ3n) is 4.61. The fourth-order valence-corrected chi connectivity index (χ4v) is 2.92. The van der Waals surface area contributed by atoms with Crippen LogP contribution in [0.1, 0.15) is 43.7 Å². The van der Waals surface area contributed by atoms with E-state index in [0.29, 0.717) is 6.42 Å². The molecule has 0 radical (unpaired) electrons. The highest BCUT2D eigenvalue weighted by atomic mass is 16.1. The van der Waals surface area contributed by atoms with Crippen LogP contribution >= 0.6 is 0 Å². The number of nitrogens with zero attached hydrogens (tertiary/aromatic N) is 1. The molecular formula is C19H30N2O. The second-order valence-electron chi connectivity index (χ2n) is 6.71. The van der Waals surface area contributed by atoms with Gasteiger partial charge in [-0.05, 0) is 63.7 Å². The Balaban J connectivity index is 1.53. The van der Waals surface area contributed by atoms with E-state index in [2.05, 4.69) is 48.3 Å². The van der Waals surface area contributed by atoms with Crippen LogP contribution in [0.15, 0.2) is 24.3 Å². The molecular weight excluding hydrogens is 272 g/mol. The molecule has 1 saturated heterocycles. The summed E-state index contributed by atoms with van der Waals surface area (Å²) in [5.74, 6) is 1.06. The van der Waals surface area contributed by atoms with Crippen molar-refractivity contribution in [2.24, 2.45) is 5.92 Å². The molecule has 0 unspecified atom stereocenters. The molecule has 22 heavy (non-hydrogen) atoms. The van der Waals surface area contributed by atoms with Gasteiger partial charge in [0.15, 0.2) is 0 Å². The van der Waals surface area contributed by atoms with Gasteiger partial charge in [-0.1, -0.05) is 36.8 Å². The number of carbonyl (C=O) groups excluding carboxylic acids is 1. The molecule has 122 valence electrons. The number of rotatable bonds is 7. The van der Waals surface area contributed by atoms with Crippen molar-refractivity contribution < 1.29 is 4.79 Å². The molecule has 1 aromatic rings. The molecule has 0 aliphatic carbocycles. The maximum atomic E-state index is 11.9. The van der Waals surface area contributed by atoms with Gasteiger partial charge in [-0.2, -0.15) is 0 Å². The van der Waals surface area contributed by atoms with E-state index in [-0.39, 0.29) is 5.91 Å². The molecule has 0 bridgehead atoms. The molecule has 3 heteroatoms. The first-order valence-corrected chi connectivity index (χ1v) is 8.68. The lowest BCUT2D eigenvalue weighted by molar-refractivity contribution is -0.121. The van der Waals surface area contributed by atoms with E-state index in [9.17, 15) is 4.79 Å². The predicted octanol–water partition coefficient (Wildman–Crippen LogP) is 3.17. The molecule has 0 aromatic heterocycles. The van der Waals surface area contributed by atoms with E-state index >= 15 is 0 Å². The summed E-state index contributed by atoms with van der Waals surface area (Å²) in [6.07, 6.45) is 5.12. The lowest BCUT2D eigenvalue weighted by atomic mass is 9.99. The second-order valence-corrected chi connectivity index (χ2v) is 6.71. The van der Waals surface area contributed by atoms with Gasteiger partial charge in [-0.25, -0.2) is 0 Å². The number of benzene rings is 1. The van der Waals surface area contributed by atoms with E-state index in [0.717, 1.165) is 31.8 Å². The predicted molar refractivity (Wildman–Crippen MR) is 92.0 cm³/mol. The normalized spacial score (nSPS) is 16.6. The number of hydrogen-bond donors (Lipinski definition) is 1. The first-order chi connectivity index (χ1) is 10.6. The summed E-state index contributed by atoms with van der Waals surface area (Å²) in [5, 5.41) is 3.05. The third-order valence-corrected chi connectivity index (χ3v) is 4.61. The molecule has 1 fully saturated rings. The Morgan fingerprint density at radius 1 is 1.23 bits per heavy atom. The number of amides is 1. The molecule has 0 saturated carbocycles. The second kappa shape index (κ2) is 8.94. The molecule has 0 atom stereocenters. The average Bonchev–Trinajstić information content (AvgIpc) is 2.53. The Morgan fingerprint density at radius 3 is 2.59 bits per heavy atom. The number of hydrogen-bond acceptors (Lipinski definition) is 2. The van der Waals surface area contributed by atoms with Crippen LogP contribution in [0, 0.1) is 12.8 Å². The van der Waals surface area contributed by atoms with Crippen LogP contribution < -0.4 is 5.32 Å². The number of piperidine rings is 1. The SMILES string of the molecule is Cc1ccc(CCC(=O)NCCCN2CCC(C)CC2)cc1. The summed E-state index contributed by atoms with van der Waals surface area (Å²) in [5.41, 5.74) is 2.50.